The Kier molecular flexibility index (Phi) is 4.58. The van der Waals surface area contributed by atoms with Crippen molar-refractivity contribution < 1.29 is 9.90 Å². The third-order valence-electron chi connectivity index (χ3n) is 1.80. The van der Waals surface area contributed by atoms with E-state index in [4.69, 9.17) is 16.7 Å². The zero-order valence-corrected chi connectivity index (χ0v) is 9.75. The molecule has 0 aliphatic rings. The van der Waals surface area contributed by atoms with Crippen LogP contribution < -0.4 is 0 Å². The minimum atomic E-state index is -0.474. The number of hydrogen-bond donors (Lipinski definition) is 1. The van der Waals surface area contributed by atoms with Gasteiger partial charge in [-0.1, -0.05) is 39.7 Å². The maximum Gasteiger partial charge on any atom is 0.153 e. The van der Waals surface area contributed by atoms with Gasteiger partial charge in [0.05, 0.1) is 11.4 Å². The highest BCUT2D eigenvalue weighted by Crippen LogP contribution is 2.12. The highest BCUT2D eigenvalue weighted by molar-refractivity contribution is 9.10. The lowest BCUT2D eigenvalue weighted by atomic mass is 10.1. The number of Topliss-reactive ketones (excluding diaryl/α,β-unsaturated/α-hetero) is 1. The predicted molar refractivity (Wildman–Crippen MR) is 60.0 cm³/mol. The van der Waals surface area contributed by atoms with Crippen LogP contribution in [0, 0.1) is 0 Å². The largest absolute Gasteiger partial charge is 0.395 e. The van der Waals surface area contributed by atoms with Gasteiger partial charge in [0.1, 0.15) is 0 Å². The molecule has 76 valence electrons. The van der Waals surface area contributed by atoms with E-state index < -0.39 is 4.83 Å². The number of hydrogen-bond acceptors (Lipinski definition) is 2. The van der Waals surface area contributed by atoms with Crippen molar-refractivity contribution >= 4 is 33.3 Å². The number of carbonyl (C=O) groups is 1. The van der Waals surface area contributed by atoms with Crippen molar-refractivity contribution in [1.82, 2.24) is 0 Å². The fourth-order valence-corrected chi connectivity index (χ4v) is 1.30. The molecule has 1 aromatic rings. The second-order valence-electron chi connectivity index (χ2n) is 2.92. The first-order valence-electron chi connectivity index (χ1n) is 4.15. The predicted octanol–water partition coefficient (Wildman–Crippen LogP) is 2.21. The fourth-order valence-electron chi connectivity index (χ4n) is 1.02. The van der Waals surface area contributed by atoms with Gasteiger partial charge in [-0.3, -0.25) is 4.79 Å². The summed E-state index contributed by atoms with van der Waals surface area (Å²) < 4.78 is 0. The van der Waals surface area contributed by atoms with Crippen LogP contribution in [0.3, 0.4) is 0 Å². The van der Waals surface area contributed by atoms with E-state index in [2.05, 4.69) is 15.9 Å². The van der Waals surface area contributed by atoms with Crippen molar-refractivity contribution in [3.63, 3.8) is 0 Å². The average Bonchev–Trinajstić information content (AvgIpc) is 2.20. The quantitative estimate of drug-likeness (QED) is 0.857. The maximum atomic E-state index is 11.4. The monoisotopic (exact) mass is 276 g/mol. The highest BCUT2D eigenvalue weighted by atomic mass is 79.9. The number of benzene rings is 1. The molecule has 0 bridgehead atoms. The third kappa shape index (κ3) is 3.40. The summed E-state index contributed by atoms with van der Waals surface area (Å²) in [5.41, 5.74) is 0.900. The van der Waals surface area contributed by atoms with Gasteiger partial charge in [-0.2, -0.15) is 0 Å². The van der Waals surface area contributed by atoms with E-state index in [0.717, 1.165) is 5.56 Å². The Morgan fingerprint density at radius 2 is 2.00 bits per heavy atom. The molecule has 1 rings (SSSR count). The Balaban J connectivity index is 2.60. The van der Waals surface area contributed by atoms with Crippen molar-refractivity contribution in [3.8, 4) is 0 Å². The first-order valence-corrected chi connectivity index (χ1v) is 5.45. The van der Waals surface area contributed by atoms with E-state index in [1.54, 1.807) is 24.3 Å². The molecule has 0 aromatic heterocycles. The Bertz CT molecular complexity index is 310. The van der Waals surface area contributed by atoms with Crippen molar-refractivity contribution in [2.45, 2.75) is 11.2 Å². The number of halogens is 2. The van der Waals surface area contributed by atoms with E-state index >= 15 is 0 Å². The van der Waals surface area contributed by atoms with Gasteiger partial charge in [-0.05, 0) is 17.7 Å². The van der Waals surface area contributed by atoms with E-state index in [0.29, 0.717) is 11.4 Å². The summed E-state index contributed by atoms with van der Waals surface area (Å²) in [6, 6.07) is 7.09. The summed E-state index contributed by atoms with van der Waals surface area (Å²) in [5.74, 6) is -0.0326. The summed E-state index contributed by atoms with van der Waals surface area (Å²) in [6.07, 6.45) is 0.313. The minimum absolute atomic E-state index is 0.0326. The molecule has 0 radical (unpaired) electrons. The van der Waals surface area contributed by atoms with Crippen molar-refractivity contribution in [2.24, 2.45) is 0 Å². The zero-order chi connectivity index (χ0) is 10.6. The first-order chi connectivity index (χ1) is 6.63. The van der Waals surface area contributed by atoms with Crippen LogP contribution in [0.1, 0.15) is 5.56 Å². The molecule has 0 aliphatic heterocycles. The zero-order valence-electron chi connectivity index (χ0n) is 7.41. The fraction of sp³-hybridized carbons (Fsp3) is 0.300. The van der Waals surface area contributed by atoms with Crippen molar-refractivity contribution in [3.05, 3.63) is 34.9 Å². The van der Waals surface area contributed by atoms with Gasteiger partial charge in [0.15, 0.2) is 5.78 Å². The number of aliphatic hydroxyl groups is 1. The van der Waals surface area contributed by atoms with Crippen LogP contribution in [-0.4, -0.2) is 22.3 Å². The lowest BCUT2D eigenvalue weighted by Crippen LogP contribution is -2.19. The molecular weight excluding hydrogens is 267 g/mol. The highest BCUT2D eigenvalue weighted by Gasteiger charge is 2.13. The molecule has 0 spiro atoms. The second kappa shape index (κ2) is 5.49. The molecule has 0 saturated heterocycles. The summed E-state index contributed by atoms with van der Waals surface area (Å²) in [7, 11) is 0. The molecule has 4 heteroatoms. The molecule has 0 fully saturated rings. The molecule has 1 unspecified atom stereocenters. The summed E-state index contributed by atoms with van der Waals surface area (Å²) in [4.78, 5) is 10.9. The van der Waals surface area contributed by atoms with Crippen LogP contribution in [0.4, 0.5) is 0 Å². The van der Waals surface area contributed by atoms with Crippen LogP contribution in [0.2, 0.25) is 5.02 Å². The van der Waals surface area contributed by atoms with Gasteiger partial charge >= 0.3 is 0 Å². The summed E-state index contributed by atoms with van der Waals surface area (Å²) >= 11 is 8.79. The maximum absolute atomic E-state index is 11.4. The van der Waals surface area contributed by atoms with E-state index in [-0.39, 0.29) is 12.4 Å². The molecule has 1 N–H and O–H groups in total. The summed E-state index contributed by atoms with van der Waals surface area (Å²) in [6.45, 7) is -0.174. The number of alkyl halides is 1. The number of aliphatic hydroxyl groups excluding tert-OH is 1. The van der Waals surface area contributed by atoms with E-state index in [9.17, 15) is 4.79 Å². The molecule has 1 atom stereocenters. The number of rotatable bonds is 4. The van der Waals surface area contributed by atoms with Gasteiger partial charge in [0.25, 0.3) is 0 Å². The normalized spacial score (nSPS) is 12.5. The molecule has 1 aromatic carbocycles. The molecule has 0 heterocycles. The smallest absolute Gasteiger partial charge is 0.153 e. The van der Waals surface area contributed by atoms with E-state index in [1.165, 1.54) is 0 Å². The van der Waals surface area contributed by atoms with Crippen LogP contribution >= 0.6 is 27.5 Å². The standard InChI is InChI=1S/C10H10BrClO2/c11-9(6-13)10(14)5-7-1-3-8(12)4-2-7/h1-4,9,13H,5-6H2. The Labute approximate surface area is 96.0 Å². The van der Waals surface area contributed by atoms with Crippen LogP contribution in [0.25, 0.3) is 0 Å². The molecular formula is C10H10BrClO2. The molecule has 0 amide bonds. The summed E-state index contributed by atoms with van der Waals surface area (Å²) in [5, 5.41) is 9.39. The Hall–Kier alpha value is -0.380. The van der Waals surface area contributed by atoms with Gasteiger partial charge in [-0.25, -0.2) is 0 Å². The van der Waals surface area contributed by atoms with Crippen LogP contribution in [-0.2, 0) is 11.2 Å². The Morgan fingerprint density at radius 1 is 1.43 bits per heavy atom. The van der Waals surface area contributed by atoms with Gasteiger partial charge < -0.3 is 5.11 Å². The molecule has 14 heavy (non-hydrogen) atoms. The van der Waals surface area contributed by atoms with Crippen LogP contribution in [0.15, 0.2) is 24.3 Å². The lowest BCUT2D eigenvalue weighted by molar-refractivity contribution is -0.118. The minimum Gasteiger partial charge on any atom is -0.395 e. The molecule has 0 aliphatic carbocycles. The van der Waals surface area contributed by atoms with Gasteiger partial charge in [-0.15, -0.1) is 0 Å². The van der Waals surface area contributed by atoms with Crippen molar-refractivity contribution in [1.29, 1.82) is 0 Å². The average molecular weight is 278 g/mol. The van der Waals surface area contributed by atoms with Gasteiger partial charge in [0, 0.05) is 11.4 Å². The van der Waals surface area contributed by atoms with Gasteiger partial charge in [0.2, 0.25) is 0 Å². The first kappa shape index (κ1) is 11.7. The Morgan fingerprint density at radius 3 is 2.50 bits per heavy atom. The third-order valence-corrected chi connectivity index (χ3v) is 2.85. The van der Waals surface area contributed by atoms with Crippen molar-refractivity contribution in [2.75, 3.05) is 6.61 Å². The molecule has 2 nitrogen and oxygen atoms in total. The number of carbonyl (C=O) groups excluding carboxylic acids is 1. The van der Waals surface area contributed by atoms with Crippen LogP contribution in [0.5, 0.6) is 0 Å². The number of ketones is 1. The van der Waals surface area contributed by atoms with E-state index in [1.807, 2.05) is 0 Å². The lowest BCUT2D eigenvalue weighted by Gasteiger charge is -2.04. The molecule has 0 saturated carbocycles. The SMILES string of the molecule is O=C(Cc1ccc(Cl)cc1)C(Br)CO. The topological polar surface area (TPSA) is 37.3 Å². The second-order valence-corrected chi connectivity index (χ2v) is 4.46.